The van der Waals surface area contributed by atoms with Gasteiger partial charge in [0.2, 0.25) is 0 Å². The van der Waals surface area contributed by atoms with Crippen molar-refractivity contribution in [1.29, 1.82) is 0 Å². The van der Waals surface area contributed by atoms with E-state index in [1.165, 1.54) is 72.2 Å². The van der Waals surface area contributed by atoms with Gasteiger partial charge in [-0.15, -0.1) is 0 Å². The number of amides is 2. The van der Waals surface area contributed by atoms with E-state index in [1.54, 1.807) is 42.5 Å². The maximum atomic E-state index is 14.8. The highest BCUT2D eigenvalue weighted by molar-refractivity contribution is 6.36. The molecule has 0 bridgehead atoms. The molecule has 0 unspecified atom stereocenters. The lowest BCUT2D eigenvalue weighted by Gasteiger charge is -2.19. The van der Waals surface area contributed by atoms with Crippen LogP contribution in [0.25, 0.3) is 60.9 Å². The van der Waals surface area contributed by atoms with Crippen molar-refractivity contribution in [2.75, 3.05) is 4.90 Å². The predicted molar refractivity (Wildman–Crippen MR) is 214 cm³/mol. The summed E-state index contributed by atoms with van der Waals surface area (Å²) in [5.41, 5.74) is -2.36. The highest BCUT2D eigenvalue weighted by atomic mass is 19.4. The number of alkyl halides is 9. The molecule has 9 rings (SSSR count). The van der Waals surface area contributed by atoms with E-state index in [-0.39, 0.29) is 56.3 Å². The Morgan fingerprint density at radius 3 is 1.57 bits per heavy atom. The molecule has 0 saturated heterocycles. The lowest BCUT2D eigenvalue weighted by molar-refractivity contribution is -0.143. The van der Waals surface area contributed by atoms with E-state index in [2.05, 4.69) is 0 Å². The van der Waals surface area contributed by atoms with E-state index in [0.717, 1.165) is 17.0 Å². The van der Waals surface area contributed by atoms with Crippen LogP contribution in [0.1, 0.15) is 43.0 Å². The quantitative estimate of drug-likeness (QED) is 0.128. The predicted octanol–water partition coefficient (Wildman–Crippen LogP) is 14.0. The molecule has 0 radical (unpaired) electrons. The molecule has 0 fully saturated rings. The minimum Gasteiger partial charge on any atom is -0.308 e. The number of imide groups is 1. The first-order valence-electron chi connectivity index (χ1n) is 18.6. The third-order valence-electron chi connectivity index (χ3n) is 10.9. The van der Waals surface area contributed by atoms with Crippen molar-refractivity contribution < 1.29 is 49.1 Å². The summed E-state index contributed by atoms with van der Waals surface area (Å²) >= 11 is 0. The van der Waals surface area contributed by atoms with Crippen LogP contribution in [-0.2, 0) is 18.5 Å². The van der Waals surface area contributed by atoms with Crippen LogP contribution in [0, 0.1) is 6.92 Å². The van der Waals surface area contributed by atoms with Crippen molar-refractivity contribution >= 4 is 39.3 Å². The van der Waals surface area contributed by atoms with Gasteiger partial charge in [-0.3, -0.25) is 9.59 Å². The normalized spacial score (nSPS) is 13.4. The molecular formula is C48H27F9N2O2. The summed E-state index contributed by atoms with van der Waals surface area (Å²) < 4.78 is 129. The number of carbonyl (C=O) groups is 2. The zero-order chi connectivity index (χ0) is 43.2. The van der Waals surface area contributed by atoms with Gasteiger partial charge in [0.15, 0.2) is 0 Å². The Labute approximate surface area is 340 Å². The minimum absolute atomic E-state index is 0.00679. The molecule has 0 atom stereocenters. The molecule has 0 N–H and O–H groups in total. The topological polar surface area (TPSA) is 42.3 Å². The first-order chi connectivity index (χ1) is 28.9. The lowest BCUT2D eigenvalue weighted by Crippen LogP contribution is -2.30. The summed E-state index contributed by atoms with van der Waals surface area (Å²) in [5, 5.41) is 0.821. The van der Waals surface area contributed by atoms with E-state index >= 15 is 0 Å². The first-order valence-corrected chi connectivity index (χ1v) is 18.6. The number of anilines is 1. The molecular weight excluding hydrogens is 808 g/mol. The SMILES string of the molecule is Cc1ccc(-c2ccc3c4ccc(-c5ccc(C(F)(F)F)cc5C(F)(F)F)cc4n(-c4cccc5c4C(=O)N(c4ccccc4-c4ccccc4)C5=O)c3c2)c(C(F)(F)F)c1. The molecule has 2 heterocycles. The van der Waals surface area contributed by atoms with Crippen LogP contribution in [0.4, 0.5) is 45.2 Å². The fourth-order valence-corrected chi connectivity index (χ4v) is 8.17. The maximum Gasteiger partial charge on any atom is 0.417 e. The molecule has 1 aromatic heterocycles. The Kier molecular flexibility index (Phi) is 9.00. The van der Waals surface area contributed by atoms with E-state index in [4.69, 9.17) is 0 Å². The van der Waals surface area contributed by atoms with Crippen LogP contribution in [0.15, 0.2) is 146 Å². The average molecular weight is 835 g/mol. The number of hydrogen-bond acceptors (Lipinski definition) is 2. The van der Waals surface area contributed by atoms with Crippen molar-refractivity contribution in [2.24, 2.45) is 0 Å². The second-order valence-electron chi connectivity index (χ2n) is 14.6. The van der Waals surface area contributed by atoms with E-state index in [0.29, 0.717) is 33.5 Å². The summed E-state index contributed by atoms with van der Waals surface area (Å²) in [5.74, 6) is -1.40. The summed E-state index contributed by atoms with van der Waals surface area (Å²) in [4.78, 5) is 30.1. The number of fused-ring (bicyclic) bond motifs is 4. The Balaban J connectivity index is 1.32. The van der Waals surface area contributed by atoms with Gasteiger partial charge in [-0.2, -0.15) is 39.5 Å². The number of carbonyl (C=O) groups excluding carboxylic acids is 2. The van der Waals surface area contributed by atoms with Gasteiger partial charge in [0.1, 0.15) is 0 Å². The van der Waals surface area contributed by atoms with Gasteiger partial charge in [0.25, 0.3) is 11.8 Å². The molecule has 61 heavy (non-hydrogen) atoms. The molecule has 1 aliphatic heterocycles. The number of aryl methyl sites for hydroxylation is 1. The smallest absolute Gasteiger partial charge is 0.308 e. The van der Waals surface area contributed by atoms with Gasteiger partial charge < -0.3 is 4.57 Å². The van der Waals surface area contributed by atoms with E-state index in [1.807, 2.05) is 18.2 Å². The fourth-order valence-electron chi connectivity index (χ4n) is 8.17. The highest BCUT2D eigenvalue weighted by Gasteiger charge is 2.41. The number of benzene rings is 7. The van der Waals surface area contributed by atoms with Crippen molar-refractivity contribution in [3.63, 3.8) is 0 Å². The largest absolute Gasteiger partial charge is 0.417 e. The molecule has 0 saturated carbocycles. The van der Waals surface area contributed by atoms with E-state index in [9.17, 15) is 49.1 Å². The number of nitrogens with zero attached hydrogens (tertiary/aromatic N) is 2. The fraction of sp³-hybridized carbons (Fsp3) is 0.0833. The number of rotatable bonds is 5. The second kappa shape index (κ2) is 14.0. The van der Waals surface area contributed by atoms with Crippen molar-refractivity contribution in [3.05, 3.63) is 179 Å². The number of halogens is 9. The third kappa shape index (κ3) is 6.60. The summed E-state index contributed by atoms with van der Waals surface area (Å²) in [6.45, 7) is 1.52. The standard InChI is InChI=1S/C48H27F9N2O2/c1-26-14-18-31(37(22-26)47(52,53)54)28-15-19-34-35-20-16-29(32-21-17-30(46(49,50)51)25-38(32)48(55,56)57)24-42(35)58(41(34)23-28)40-13-7-11-36-43(40)45(61)59(44(36)60)39-12-6-5-10-33(39)27-8-3-2-4-9-27/h2-25H,1H3. The Bertz CT molecular complexity index is 3110. The molecule has 7 aromatic carbocycles. The molecule has 1 aliphatic rings. The number of hydrogen-bond donors (Lipinski definition) is 0. The van der Waals surface area contributed by atoms with Crippen LogP contribution in [0.2, 0.25) is 0 Å². The molecule has 4 nitrogen and oxygen atoms in total. The van der Waals surface area contributed by atoms with Crippen molar-refractivity contribution in [1.82, 2.24) is 4.57 Å². The highest BCUT2D eigenvalue weighted by Crippen LogP contribution is 2.46. The first kappa shape index (κ1) is 39.3. The van der Waals surface area contributed by atoms with Crippen LogP contribution in [0.3, 0.4) is 0 Å². The van der Waals surface area contributed by atoms with Crippen molar-refractivity contribution in [3.8, 4) is 39.1 Å². The van der Waals surface area contributed by atoms with Crippen LogP contribution in [0.5, 0.6) is 0 Å². The lowest BCUT2D eigenvalue weighted by atomic mass is 9.95. The van der Waals surface area contributed by atoms with Gasteiger partial charge in [0, 0.05) is 16.3 Å². The van der Waals surface area contributed by atoms with Crippen molar-refractivity contribution in [2.45, 2.75) is 25.5 Å². The van der Waals surface area contributed by atoms with Gasteiger partial charge in [-0.1, -0.05) is 103 Å². The maximum absolute atomic E-state index is 14.8. The number of para-hydroxylation sites is 1. The molecule has 13 heteroatoms. The van der Waals surface area contributed by atoms with Crippen LogP contribution < -0.4 is 4.90 Å². The van der Waals surface area contributed by atoms with Crippen LogP contribution in [-0.4, -0.2) is 16.4 Å². The summed E-state index contributed by atoms with van der Waals surface area (Å²) in [6.07, 6.45) is -15.0. The van der Waals surface area contributed by atoms with Gasteiger partial charge in [-0.25, -0.2) is 4.90 Å². The zero-order valence-corrected chi connectivity index (χ0v) is 31.5. The van der Waals surface area contributed by atoms with E-state index < -0.39 is 52.6 Å². The Hall–Kier alpha value is -7.15. The summed E-state index contributed by atoms with van der Waals surface area (Å²) in [7, 11) is 0. The molecule has 8 aromatic rings. The summed E-state index contributed by atoms with van der Waals surface area (Å²) in [6, 6.07) is 34.1. The average Bonchev–Trinajstić information content (AvgIpc) is 3.69. The van der Waals surface area contributed by atoms with Gasteiger partial charge >= 0.3 is 18.5 Å². The van der Waals surface area contributed by atoms with Gasteiger partial charge in [0.05, 0.1) is 50.2 Å². The molecule has 2 amide bonds. The second-order valence-corrected chi connectivity index (χ2v) is 14.6. The zero-order valence-electron chi connectivity index (χ0n) is 31.5. The minimum atomic E-state index is -5.20. The van der Waals surface area contributed by atoms with Crippen LogP contribution >= 0.6 is 0 Å². The molecule has 0 aliphatic carbocycles. The molecule has 0 spiro atoms. The van der Waals surface area contributed by atoms with Gasteiger partial charge in [-0.05, 0) is 83.3 Å². The third-order valence-corrected chi connectivity index (χ3v) is 10.9. The Morgan fingerprint density at radius 1 is 0.426 bits per heavy atom. The monoisotopic (exact) mass is 834 g/mol. The Morgan fingerprint density at radius 2 is 0.967 bits per heavy atom. The molecule has 304 valence electrons. The number of aromatic nitrogens is 1.